The molecule has 144 valence electrons. The predicted octanol–water partition coefficient (Wildman–Crippen LogP) is 3.43. The summed E-state index contributed by atoms with van der Waals surface area (Å²) in [5, 5.41) is 12.0. The molecular weight excluding hydrogens is 346 g/mol. The maximum Gasteiger partial charge on any atom is 0.333 e. The van der Waals surface area contributed by atoms with E-state index in [0.717, 1.165) is 11.1 Å². The molecule has 1 atom stereocenters. The van der Waals surface area contributed by atoms with Crippen LogP contribution < -0.4 is 10.1 Å². The van der Waals surface area contributed by atoms with Gasteiger partial charge in [-0.3, -0.25) is 4.79 Å². The van der Waals surface area contributed by atoms with Crippen molar-refractivity contribution in [3.05, 3.63) is 59.7 Å². The first-order valence-corrected chi connectivity index (χ1v) is 8.80. The average Bonchev–Trinajstić information content (AvgIpc) is 2.60. The number of aryl methyl sites for hydroxylation is 1. The highest BCUT2D eigenvalue weighted by molar-refractivity contribution is 5.92. The van der Waals surface area contributed by atoms with Crippen molar-refractivity contribution in [1.82, 2.24) is 0 Å². The highest BCUT2D eigenvalue weighted by Gasteiger charge is 2.20. The van der Waals surface area contributed by atoms with Crippen LogP contribution in [0.2, 0.25) is 0 Å². The Morgan fingerprint density at radius 3 is 2.44 bits per heavy atom. The third kappa shape index (κ3) is 7.11. The first-order chi connectivity index (χ1) is 12.8. The van der Waals surface area contributed by atoms with Crippen molar-refractivity contribution in [1.29, 1.82) is 0 Å². The number of aliphatic carboxylic acids is 1. The van der Waals surface area contributed by atoms with Gasteiger partial charge in [0.1, 0.15) is 5.75 Å². The van der Waals surface area contributed by atoms with Crippen LogP contribution in [0.25, 0.3) is 0 Å². The Hall–Kier alpha value is -2.86. The van der Waals surface area contributed by atoms with Gasteiger partial charge in [-0.2, -0.15) is 0 Å². The molecule has 0 aliphatic carbocycles. The number of rotatable bonds is 9. The highest BCUT2D eigenvalue weighted by Crippen LogP contribution is 2.15. The third-order valence-electron chi connectivity index (χ3n) is 3.73. The smallest absolute Gasteiger partial charge is 0.333 e. The summed E-state index contributed by atoms with van der Waals surface area (Å²) >= 11 is 0. The summed E-state index contributed by atoms with van der Waals surface area (Å²) in [4.78, 5) is 23.4. The highest BCUT2D eigenvalue weighted by atomic mass is 16.5. The van der Waals surface area contributed by atoms with Crippen molar-refractivity contribution in [2.45, 2.75) is 39.4 Å². The standard InChI is InChI=1S/C21H25NO5/c1-14(2)27-19(21(24)25)12-16-5-4-6-17(11-16)22-20(23)13-26-18-9-7-15(3)8-10-18/h4-11,14,19H,12-13H2,1-3H3,(H,22,23)(H,24,25). The molecule has 0 bridgehead atoms. The van der Waals surface area contributed by atoms with Crippen LogP contribution in [0, 0.1) is 6.92 Å². The van der Waals surface area contributed by atoms with E-state index in [-0.39, 0.29) is 25.0 Å². The fourth-order valence-corrected chi connectivity index (χ4v) is 2.49. The number of hydrogen-bond donors (Lipinski definition) is 2. The summed E-state index contributed by atoms with van der Waals surface area (Å²) in [6.07, 6.45) is -0.898. The second kappa shape index (κ2) is 9.73. The minimum atomic E-state index is -1.01. The van der Waals surface area contributed by atoms with Gasteiger partial charge in [0.25, 0.3) is 5.91 Å². The van der Waals surface area contributed by atoms with Gasteiger partial charge in [-0.15, -0.1) is 0 Å². The largest absolute Gasteiger partial charge is 0.484 e. The molecule has 1 unspecified atom stereocenters. The number of carbonyl (C=O) groups excluding carboxylic acids is 1. The van der Waals surface area contributed by atoms with E-state index in [9.17, 15) is 14.7 Å². The van der Waals surface area contributed by atoms with Gasteiger partial charge >= 0.3 is 5.97 Å². The number of benzene rings is 2. The van der Waals surface area contributed by atoms with Crippen molar-refractivity contribution >= 4 is 17.6 Å². The lowest BCUT2D eigenvalue weighted by molar-refractivity contribution is -0.153. The molecule has 0 spiro atoms. The molecule has 6 heteroatoms. The Morgan fingerprint density at radius 2 is 1.81 bits per heavy atom. The first kappa shape index (κ1) is 20.5. The minimum absolute atomic E-state index is 0.110. The molecule has 0 aliphatic heterocycles. The molecule has 2 aromatic carbocycles. The van der Waals surface area contributed by atoms with E-state index in [2.05, 4.69) is 5.32 Å². The molecule has 2 rings (SSSR count). The molecule has 0 saturated heterocycles. The van der Waals surface area contributed by atoms with Crippen molar-refractivity contribution in [2.24, 2.45) is 0 Å². The zero-order valence-electron chi connectivity index (χ0n) is 15.8. The van der Waals surface area contributed by atoms with Crippen LogP contribution in [0.3, 0.4) is 0 Å². The second-order valence-corrected chi connectivity index (χ2v) is 6.57. The molecule has 2 aromatic rings. The van der Waals surface area contributed by atoms with E-state index in [1.165, 1.54) is 0 Å². The van der Waals surface area contributed by atoms with E-state index in [4.69, 9.17) is 9.47 Å². The molecule has 0 aromatic heterocycles. The summed E-state index contributed by atoms with van der Waals surface area (Å²) in [6, 6.07) is 14.5. The van der Waals surface area contributed by atoms with Crippen molar-refractivity contribution < 1.29 is 24.2 Å². The lowest BCUT2D eigenvalue weighted by Gasteiger charge is -2.17. The van der Waals surface area contributed by atoms with E-state index in [1.807, 2.05) is 31.2 Å². The van der Waals surface area contributed by atoms with E-state index in [0.29, 0.717) is 11.4 Å². The summed E-state index contributed by atoms with van der Waals surface area (Å²) in [6.45, 7) is 5.45. The molecule has 0 radical (unpaired) electrons. The maximum absolute atomic E-state index is 12.1. The number of hydrogen-bond acceptors (Lipinski definition) is 4. The Bertz CT molecular complexity index is 770. The monoisotopic (exact) mass is 371 g/mol. The maximum atomic E-state index is 12.1. The Balaban J connectivity index is 1.92. The first-order valence-electron chi connectivity index (χ1n) is 8.80. The van der Waals surface area contributed by atoms with Crippen molar-refractivity contribution in [3.63, 3.8) is 0 Å². The predicted molar refractivity (Wildman–Crippen MR) is 103 cm³/mol. The van der Waals surface area contributed by atoms with Gasteiger partial charge in [0.05, 0.1) is 6.10 Å². The second-order valence-electron chi connectivity index (χ2n) is 6.57. The summed E-state index contributed by atoms with van der Waals surface area (Å²) in [5.74, 6) is -0.676. The Kier molecular flexibility index (Phi) is 7.37. The van der Waals surface area contributed by atoms with Crippen LogP contribution in [-0.4, -0.2) is 35.8 Å². The van der Waals surface area contributed by atoms with Crippen LogP contribution in [0.15, 0.2) is 48.5 Å². The summed E-state index contributed by atoms with van der Waals surface area (Å²) in [7, 11) is 0. The van der Waals surface area contributed by atoms with Gasteiger partial charge < -0.3 is 19.9 Å². The topological polar surface area (TPSA) is 84.9 Å². The Labute approximate surface area is 159 Å². The third-order valence-corrected chi connectivity index (χ3v) is 3.73. The zero-order valence-corrected chi connectivity index (χ0v) is 15.8. The van der Waals surface area contributed by atoms with E-state index >= 15 is 0 Å². The van der Waals surface area contributed by atoms with Gasteiger partial charge in [-0.25, -0.2) is 4.79 Å². The quantitative estimate of drug-likeness (QED) is 0.705. The lowest BCUT2D eigenvalue weighted by atomic mass is 10.1. The number of anilines is 1. The van der Waals surface area contributed by atoms with Crippen LogP contribution in [0.4, 0.5) is 5.69 Å². The number of carboxylic acid groups (broad SMARTS) is 1. The number of carbonyl (C=O) groups is 2. The van der Waals surface area contributed by atoms with Crippen LogP contribution in [0.5, 0.6) is 5.75 Å². The molecule has 27 heavy (non-hydrogen) atoms. The summed E-state index contributed by atoms with van der Waals surface area (Å²) < 4.78 is 10.9. The van der Waals surface area contributed by atoms with Crippen LogP contribution in [0.1, 0.15) is 25.0 Å². The van der Waals surface area contributed by atoms with Gasteiger partial charge in [0.2, 0.25) is 0 Å². The van der Waals surface area contributed by atoms with Gasteiger partial charge in [0.15, 0.2) is 12.7 Å². The molecule has 0 fully saturated rings. The van der Waals surface area contributed by atoms with Crippen molar-refractivity contribution in [2.75, 3.05) is 11.9 Å². The fourth-order valence-electron chi connectivity index (χ4n) is 2.49. The average molecular weight is 371 g/mol. The molecule has 6 nitrogen and oxygen atoms in total. The van der Waals surface area contributed by atoms with Gasteiger partial charge in [-0.1, -0.05) is 29.8 Å². The normalized spacial score (nSPS) is 11.9. The molecule has 1 amide bonds. The van der Waals surface area contributed by atoms with Gasteiger partial charge in [0, 0.05) is 12.1 Å². The van der Waals surface area contributed by atoms with Crippen molar-refractivity contribution in [3.8, 4) is 5.75 Å². The molecule has 0 aliphatic rings. The van der Waals surface area contributed by atoms with Crippen LogP contribution >= 0.6 is 0 Å². The lowest BCUT2D eigenvalue weighted by Crippen LogP contribution is -2.29. The number of amides is 1. The molecule has 2 N–H and O–H groups in total. The summed E-state index contributed by atoms with van der Waals surface area (Å²) in [5.41, 5.74) is 2.46. The zero-order chi connectivity index (χ0) is 19.8. The molecule has 0 saturated carbocycles. The number of ether oxygens (including phenoxy) is 2. The van der Waals surface area contributed by atoms with Gasteiger partial charge in [-0.05, 0) is 50.6 Å². The van der Waals surface area contributed by atoms with Crippen LogP contribution in [-0.2, 0) is 20.7 Å². The van der Waals surface area contributed by atoms with E-state index in [1.54, 1.807) is 38.1 Å². The SMILES string of the molecule is Cc1ccc(OCC(=O)Nc2cccc(CC(OC(C)C)C(=O)O)c2)cc1. The number of carboxylic acids is 1. The molecule has 0 heterocycles. The van der Waals surface area contributed by atoms with E-state index < -0.39 is 12.1 Å². The molecular formula is C21H25NO5. The number of nitrogens with one attached hydrogen (secondary N) is 1. The minimum Gasteiger partial charge on any atom is -0.484 e. The Morgan fingerprint density at radius 1 is 1.11 bits per heavy atom. The fraction of sp³-hybridized carbons (Fsp3) is 0.333.